The number of hydrogen-bond donors (Lipinski definition) is 2. The number of anilines is 1. The van der Waals surface area contributed by atoms with Gasteiger partial charge in [0.05, 0.1) is 12.0 Å². The van der Waals surface area contributed by atoms with Crippen LogP contribution < -0.4 is 10.6 Å². The molecule has 7 heteroatoms. The van der Waals surface area contributed by atoms with Gasteiger partial charge in [0.2, 0.25) is 11.8 Å². The van der Waals surface area contributed by atoms with E-state index in [1.54, 1.807) is 12.1 Å². The number of carbonyl (C=O) groups excluding carboxylic acids is 2. The zero-order valence-electron chi connectivity index (χ0n) is 13.8. The fourth-order valence-corrected chi connectivity index (χ4v) is 3.03. The Hall–Kier alpha value is -1.99. The summed E-state index contributed by atoms with van der Waals surface area (Å²) in [6.07, 6.45) is 0. The fraction of sp³-hybridized carbons (Fsp3) is 0.529. The van der Waals surface area contributed by atoms with Crippen molar-refractivity contribution in [1.82, 2.24) is 15.1 Å². The van der Waals surface area contributed by atoms with Crippen LogP contribution in [0.5, 0.6) is 0 Å². The van der Waals surface area contributed by atoms with E-state index in [-0.39, 0.29) is 29.6 Å². The predicted molar refractivity (Wildman–Crippen MR) is 89.0 cm³/mol. The topological polar surface area (TPSA) is 64.7 Å². The highest BCUT2D eigenvalue weighted by Crippen LogP contribution is 2.14. The number of nitrogens with zero attached hydrogens (tertiary/aromatic N) is 2. The normalized spacial score (nSPS) is 20.3. The molecule has 0 saturated carbocycles. The van der Waals surface area contributed by atoms with Crippen LogP contribution in [-0.2, 0) is 9.59 Å². The smallest absolute Gasteiger partial charge is 0.241 e. The first-order valence-corrected chi connectivity index (χ1v) is 8.34. The van der Waals surface area contributed by atoms with Crippen LogP contribution in [0.25, 0.3) is 0 Å². The van der Waals surface area contributed by atoms with E-state index in [0.29, 0.717) is 31.9 Å². The zero-order valence-corrected chi connectivity index (χ0v) is 13.8. The summed E-state index contributed by atoms with van der Waals surface area (Å²) in [7, 11) is 0. The van der Waals surface area contributed by atoms with Gasteiger partial charge in [0.1, 0.15) is 5.82 Å². The number of amides is 2. The van der Waals surface area contributed by atoms with Gasteiger partial charge in [0, 0.05) is 45.0 Å². The molecule has 3 rings (SSSR count). The van der Waals surface area contributed by atoms with Gasteiger partial charge in [-0.2, -0.15) is 0 Å². The molecule has 1 aromatic rings. The number of nitrogens with one attached hydrogen (secondary N) is 2. The molecule has 2 amide bonds. The van der Waals surface area contributed by atoms with Crippen molar-refractivity contribution in [3.63, 3.8) is 0 Å². The van der Waals surface area contributed by atoms with Crippen LogP contribution in [-0.4, -0.2) is 66.9 Å². The molecule has 0 aliphatic carbocycles. The summed E-state index contributed by atoms with van der Waals surface area (Å²) in [5, 5.41) is 5.85. The summed E-state index contributed by atoms with van der Waals surface area (Å²) >= 11 is 0. The van der Waals surface area contributed by atoms with Crippen LogP contribution in [0.2, 0.25) is 0 Å². The van der Waals surface area contributed by atoms with Crippen molar-refractivity contribution in [2.45, 2.75) is 13.0 Å². The summed E-state index contributed by atoms with van der Waals surface area (Å²) in [6.45, 7) is 6.01. The van der Waals surface area contributed by atoms with Gasteiger partial charge < -0.3 is 15.5 Å². The minimum Gasteiger partial charge on any atom is -0.340 e. The van der Waals surface area contributed by atoms with Crippen LogP contribution in [0.15, 0.2) is 24.3 Å². The Balaban J connectivity index is 1.50. The zero-order chi connectivity index (χ0) is 17.1. The summed E-state index contributed by atoms with van der Waals surface area (Å²) in [5.74, 6) is -0.211. The lowest BCUT2D eigenvalue weighted by molar-refractivity contribution is -0.139. The highest BCUT2D eigenvalue weighted by molar-refractivity contribution is 5.94. The van der Waals surface area contributed by atoms with E-state index in [2.05, 4.69) is 15.5 Å². The van der Waals surface area contributed by atoms with Crippen molar-refractivity contribution in [1.29, 1.82) is 0 Å². The van der Waals surface area contributed by atoms with Crippen LogP contribution in [0, 0.1) is 11.7 Å². The molecule has 1 atom stereocenters. The Bertz CT molecular complexity index is 612. The van der Waals surface area contributed by atoms with Gasteiger partial charge >= 0.3 is 0 Å². The Kier molecular flexibility index (Phi) is 5.11. The summed E-state index contributed by atoms with van der Waals surface area (Å²) in [6, 6.07) is 5.54. The van der Waals surface area contributed by atoms with Crippen molar-refractivity contribution < 1.29 is 14.0 Å². The molecule has 1 aromatic carbocycles. The molecule has 0 radical (unpaired) electrons. The maximum absolute atomic E-state index is 13.2. The molecule has 2 N–H and O–H groups in total. The van der Waals surface area contributed by atoms with E-state index in [1.165, 1.54) is 12.1 Å². The molecule has 2 fully saturated rings. The molecule has 2 aliphatic heterocycles. The van der Waals surface area contributed by atoms with Crippen LogP contribution in [0.1, 0.15) is 6.92 Å². The lowest BCUT2D eigenvalue weighted by atomic mass is 10.0. The highest BCUT2D eigenvalue weighted by atomic mass is 19.1. The first kappa shape index (κ1) is 16.9. The standard InChI is InChI=1S/C17H23FN4O2/c1-12(16(23)20-15-4-2-3-14(18)9-15)21-5-7-22(8-6-21)17(24)13-10-19-11-13/h2-4,9,12-13,19H,5-8,10-11H2,1H3,(H,20,23). The van der Waals surface area contributed by atoms with Crippen molar-refractivity contribution in [2.24, 2.45) is 5.92 Å². The van der Waals surface area contributed by atoms with E-state index in [9.17, 15) is 14.0 Å². The van der Waals surface area contributed by atoms with Gasteiger partial charge in [0.15, 0.2) is 0 Å². The maximum Gasteiger partial charge on any atom is 0.241 e. The van der Waals surface area contributed by atoms with Crippen LogP contribution >= 0.6 is 0 Å². The molecule has 0 spiro atoms. The van der Waals surface area contributed by atoms with Crippen molar-refractivity contribution in [3.05, 3.63) is 30.1 Å². The first-order valence-electron chi connectivity index (χ1n) is 8.34. The van der Waals surface area contributed by atoms with Gasteiger partial charge in [-0.1, -0.05) is 6.07 Å². The number of piperazine rings is 1. The van der Waals surface area contributed by atoms with Gasteiger partial charge in [-0.25, -0.2) is 4.39 Å². The summed E-state index contributed by atoms with van der Waals surface area (Å²) in [5.41, 5.74) is 0.457. The second-order valence-electron chi connectivity index (χ2n) is 6.39. The molecular weight excluding hydrogens is 311 g/mol. The third-order valence-electron chi connectivity index (χ3n) is 4.78. The SMILES string of the molecule is CC(C(=O)Nc1cccc(F)c1)N1CCN(C(=O)C2CNC2)CC1. The van der Waals surface area contributed by atoms with E-state index in [1.807, 2.05) is 11.8 Å². The molecular formula is C17H23FN4O2. The molecule has 6 nitrogen and oxygen atoms in total. The van der Waals surface area contributed by atoms with E-state index < -0.39 is 0 Å². The maximum atomic E-state index is 13.2. The first-order chi connectivity index (χ1) is 11.5. The lowest BCUT2D eigenvalue weighted by Crippen LogP contribution is -2.58. The lowest BCUT2D eigenvalue weighted by Gasteiger charge is -2.40. The van der Waals surface area contributed by atoms with E-state index >= 15 is 0 Å². The summed E-state index contributed by atoms with van der Waals surface area (Å²) < 4.78 is 13.2. The Morgan fingerprint density at radius 3 is 2.54 bits per heavy atom. The molecule has 2 saturated heterocycles. The average molecular weight is 334 g/mol. The number of rotatable bonds is 4. The molecule has 24 heavy (non-hydrogen) atoms. The molecule has 1 unspecified atom stereocenters. The van der Waals surface area contributed by atoms with Crippen LogP contribution in [0.3, 0.4) is 0 Å². The van der Waals surface area contributed by atoms with Gasteiger partial charge in [-0.05, 0) is 25.1 Å². The predicted octanol–water partition coefficient (Wildman–Crippen LogP) is 0.516. The fourth-order valence-electron chi connectivity index (χ4n) is 3.03. The summed E-state index contributed by atoms with van der Waals surface area (Å²) in [4.78, 5) is 28.5. The monoisotopic (exact) mass is 334 g/mol. The third-order valence-corrected chi connectivity index (χ3v) is 4.78. The van der Waals surface area contributed by atoms with Crippen molar-refractivity contribution in [3.8, 4) is 0 Å². The minimum atomic E-state index is -0.377. The number of hydrogen-bond acceptors (Lipinski definition) is 4. The quantitative estimate of drug-likeness (QED) is 0.842. The third kappa shape index (κ3) is 3.73. The molecule has 2 aliphatic rings. The Morgan fingerprint density at radius 1 is 1.25 bits per heavy atom. The van der Waals surface area contributed by atoms with Gasteiger partial charge in [-0.15, -0.1) is 0 Å². The molecule has 130 valence electrons. The molecule has 2 heterocycles. The second-order valence-corrected chi connectivity index (χ2v) is 6.39. The number of benzene rings is 1. The van der Waals surface area contributed by atoms with E-state index in [0.717, 1.165) is 13.1 Å². The van der Waals surface area contributed by atoms with Gasteiger partial charge in [0.25, 0.3) is 0 Å². The largest absolute Gasteiger partial charge is 0.340 e. The Morgan fingerprint density at radius 2 is 1.96 bits per heavy atom. The van der Waals surface area contributed by atoms with E-state index in [4.69, 9.17) is 0 Å². The Labute approximate surface area is 141 Å². The number of halogens is 1. The van der Waals surface area contributed by atoms with Crippen molar-refractivity contribution >= 4 is 17.5 Å². The second kappa shape index (κ2) is 7.27. The van der Waals surface area contributed by atoms with Crippen LogP contribution in [0.4, 0.5) is 10.1 Å². The molecule has 0 bridgehead atoms. The van der Waals surface area contributed by atoms with Crippen molar-refractivity contribution in [2.75, 3.05) is 44.6 Å². The van der Waals surface area contributed by atoms with Gasteiger partial charge in [-0.3, -0.25) is 14.5 Å². The highest BCUT2D eigenvalue weighted by Gasteiger charge is 2.32. The minimum absolute atomic E-state index is 0.116. The molecule has 0 aromatic heterocycles. The average Bonchev–Trinajstić information content (AvgIpc) is 2.52. The number of carbonyl (C=O) groups is 2.